The molecule has 0 saturated heterocycles. The lowest BCUT2D eigenvalue weighted by molar-refractivity contribution is 0.0699. The number of hydrogen-bond donors (Lipinski definition) is 3. The average Bonchev–Trinajstić information content (AvgIpc) is 2.46. The van der Waals surface area contributed by atoms with Gasteiger partial charge < -0.3 is 20.3 Å². The number of anilines is 1. The molecule has 0 aliphatic carbocycles. The maximum atomic E-state index is 11.2. The number of benzene rings is 2. The Morgan fingerprint density at radius 2 is 1.95 bits per heavy atom. The van der Waals surface area contributed by atoms with Crippen LogP contribution >= 0.6 is 0 Å². The van der Waals surface area contributed by atoms with Crippen molar-refractivity contribution in [2.75, 3.05) is 25.6 Å². The fraction of sp³-hybridized carbons (Fsp3) is 0.267. The maximum absolute atomic E-state index is 11.2. The van der Waals surface area contributed by atoms with Gasteiger partial charge in [-0.05, 0) is 17.5 Å². The van der Waals surface area contributed by atoms with E-state index < -0.39 is 5.97 Å². The van der Waals surface area contributed by atoms with Gasteiger partial charge in [0.15, 0.2) is 0 Å². The second kappa shape index (κ2) is 6.36. The Balaban J connectivity index is 2.45. The van der Waals surface area contributed by atoms with Gasteiger partial charge in [0.1, 0.15) is 0 Å². The SMILES string of the molecule is COCC(CO)Nc1ccc(C(=O)O)c2ccccc12. The molecule has 5 heteroatoms. The highest BCUT2D eigenvalue weighted by atomic mass is 16.5. The minimum atomic E-state index is -0.955. The van der Waals surface area contributed by atoms with E-state index in [9.17, 15) is 15.0 Å². The van der Waals surface area contributed by atoms with Crippen molar-refractivity contribution in [1.29, 1.82) is 0 Å². The second-order valence-corrected chi connectivity index (χ2v) is 4.49. The van der Waals surface area contributed by atoms with Crippen molar-refractivity contribution in [3.63, 3.8) is 0 Å². The summed E-state index contributed by atoms with van der Waals surface area (Å²) in [5.74, 6) is -0.955. The Kier molecular flexibility index (Phi) is 4.55. The van der Waals surface area contributed by atoms with E-state index in [1.54, 1.807) is 31.4 Å². The van der Waals surface area contributed by atoms with E-state index in [1.165, 1.54) is 0 Å². The number of aromatic carboxylic acids is 1. The topological polar surface area (TPSA) is 78.8 Å². The van der Waals surface area contributed by atoms with Crippen LogP contribution in [0.25, 0.3) is 10.8 Å². The molecule has 0 amide bonds. The molecule has 1 unspecified atom stereocenters. The molecule has 3 N–H and O–H groups in total. The zero-order valence-corrected chi connectivity index (χ0v) is 11.2. The third-order valence-corrected chi connectivity index (χ3v) is 3.10. The van der Waals surface area contributed by atoms with Gasteiger partial charge in [-0.15, -0.1) is 0 Å². The largest absolute Gasteiger partial charge is 0.478 e. The monoisotopic (exact) mass is 275 g/mol. The quantitative estimate of drug-likeness (QED) is 0.751. The summed E-state index contributed by atoms with van der Waals surface area (Å²) in [5.41, 5.74) is 1.04. The van der Waals surface area contributed by atoms with Crippen molar-refractivity contribution in [1.82, 2.24) is 0 Å². The predicted octanol–water partition coefficient (Wildman–Crippen LogP) is 1.96. The smallest absolute Gasteiger partial charge is 0.336 e. The van der Waals surface area contributed by atoms with Crippen LogP contribution in [0.5, 0.6) is 0 Å². The highest BCUT2D eigenvalue weighted by molar-refractivity contribution is 6.07. The van der Waals surface area contributed by atoms with Crippen LogP contribution in [0.2, 0.25) is 0 Å². The van der Waals surface area contributed by atoms with E-state index in [2.05, 4.69) is 5.32 Å². The minimum absolute atomic E-state index is 0.0666. The van der Waals surface area contributed by atoms with E-state index in [0.717, 1.165) is 11.1 Å². The van der Waals surface area contributed by atoms with Crippen molar-refractivity contribution in [2.24, 2.45) is 0 Å². The number of methoxy groups -OCH3 is 1. The number of carboxylic acids is 1. The lowest BCUT2D eigenvalue weighted by Crippen LogP contribution is -2.28. The minimum Gasteiger partial charge on any atom is -0.478 e. The normalized spacial score (nSPS) is 12.3. The van der Waals surface area contributed by atoms with E-state index in [-0.39, 0.29) is 18.2 Å². The van der Waals surface area contributed by atoms with Gasteiger partial charge in [0.05, 0.1) is 24.8 Å². The highest BCUT2D eigenvalue weighted by Crippen LogP contribution is 2.27. The molecule has 2 aromatic rings. The molecule has 0 saturated carbocycles. The fourth-order valence-corrected chi connectivity index (χ4v) is 2.17. The summed E-state index contributed by atoms with van der Waals surface area (Å²) < 4.78 is 5.02. The first-order valence-electron chi connectivity index (χ1n) is 6.28. The molecule has 106 valence electrons. The van der Waals surface area contributed by atoms with Gasteiger partial charge >= 0.3 is 5.97 Å². The zero-order valence-electron chi connectivity index (χ0n) is 11.2. The van der Waals surface area contributed by atoms with Crippen molar-refractivity contribution in [2.45, 2.75) is 6.04 Å². The molecule has 2 aromatic carbocycles. The summed E-state index contributed by atoms with van der Waals surface area (Å²) in [6.45, 7) is 0.300. The zero-order chi connectivity index (χ0) is 14.5. The first-order valence-corrected chi connectivity index (χ1v) is 6.28. The molecule has 2 rings (SSSR count). The second-order valence-electron chi connectivity index (χ2n) is 4.49. The molecule has 0 aromatic heterocycles. The first kappa shape index (κ1) is 14.3. The van der Waals surface area contributed by atoms with Gasteiger partial charge in [-0.1, -0.05) is 24.3 Å². The van der Waals surface area contributed by atoms with Gasteiger partial charge in [0.2, 0.25) is 0 Å². The van der Waals surface area contributed by atoms with Crippen LogP contribution in [0, 0.1) is 0 Å². The molecule has 0 radical (unpaired) electrons. The number of ether oxygens (including phenoxy) is 1. The number of nitrogens with one attached hydrogen (secondary N) is 1. The van der Waals surface area contributed by atoms with Crippen LogP contribution in [-0.2, 0) is 4.74 Å². The fourth-order valence-electron chi connectivity index (χ4n) is 2.17. The molecule has 0 bridgehead atoms. The van der Waals surface area contributed by atoms with Crippen LogP contribution < -0.4 is 5.32 Å². The van der Waals surface area contributed by atoms with Crippen molar-refractivity contribution < 1.29 is 19.7 Å². The van der Waals surface area contributed by atoms with Gasteiger partial charge in [-0.3, -0.25) is 0 Å². The van der Waals surface area contributed by atoms with Crippen LogP contribution in [0.15, 0.2) is 36.4 Å². The average molecular weight is 275 g/mol. The molecule has 0 aliphatic rings. The maximum Gasteiger partial charge on any atom is 0.336 e. The standard InChI is InChI=1S/C15H17NO4/c1-20-9-10(8-17)16-14-7-6-13(15(18)19)11-4-2-3-5-12(11)14/h2-7,10,16-17H,8-9H2,1H3,(H,18,19). The van der Waals surface area contributed by atoms with E-state index in [1.807, 2.05) is 12.1 Å². The summed E-state index contributed by atoms with van der Waals surface area (Å²) in [6, 6.07) is 10.3. The van der Waals surface area contributed by atoms with Crippen LogP contribution in [0.1, 0.15) is 10.4 Å². The van der Waals surface area contributed by atoms with Crippen LogP contribution in [0.4, 0.5) is 5.69 Å². The Morgan fingerprint density at radius 3 is 2.55 bits per heavy atom. The number of carbonyl (C=O) groups is 1. The Hall–Kier alpha value is -2.11. The van der Waals surface area contributed by atoms with Gasteiger partial charge in [-0.2, -0.15) is 0 Å². The molecule has 1 atom stereocenters. The number of fused-ring (bicyclic) bond motifs is 1. The number of carboxylic acid groups (broad SMARTS) is 1. The molecule has 0 spiro atoms. The molecule has 20 heavy (non-hydrogen) atoms. The Labute approximate surface area is 116 Å². The van der Waals surface area contributed by atoms with Gasteiger partial charge in [0, 0.05) is 18.2 Å². The van der Waals surface area contributed by atoms with Crippen molar-refractivity contribution in [3.05, 3.63) is 42.0 Å². The van der Waals surface area contributed by atoms with E-state index in [4.69, 9.17) is 4.74 Å². The van der Waals surface area contributed by atoms with Crippen LogP contribution in [-0.4, -0.2) is 42.5 Å². The Morgan fingerprint density at radius 1 is 1.25 bits per heavy atom. The Bertz CT molecular complexity index is 612. The summed E-state index contributed by atoms with van der Waals surface area (Å²) in [7, 11) is 1.57. The molecule has 0 heterocycles. The summed E-state index contributed by atoms with van der Waals surface area (Å²) >= 11 is 0. The van der Waals surface area contributed by atoms with E-state index >= 15 is 0 Å². The van der Waals surface area contributed by atoms with Crippen LogP contribution in [0.3, 0.4) is 0 Å². The van der Waals surface area contributed by atoms with Crippen molar-refractivity contribution in [3.8, 4) is 0 Å². The third kappa shape index (κ3) is 2.89. The predicted molar refractivity (Wildman–Crippen MR) is 77.3 cm³/mol. The summed E-state index contributed by atoms with van der Waals surface area (Å²) in [4.78, 5) is 11.2. The molecule has 0 fully saturated rings. The van der Waals surface area contributed by atoms with Crippen molar-refractivity contribution >= 4 is 22.4 Å². The third-order valence-electron chi connectivity index (χ3n) is 3.10. The lowest BCUT2D eigenvalue weighted by atomic mass is 10.0. The molecule has 5 nitrogen and oxygen atoms in total. The van der Waals surface area contributed by atoms with E-state index in [0.29, 0.717) is 12.0 Å². The summed E-state index contributed by atoms with van der Waals surface area (Å²) in [6.07, 6.45) is 0. The summed E-state index contributed by atoms with van der Waals surface area (Å²) in [5, 5.41) is 23.1. The molecular formula is C15H17NO4. The highest BCUT2D eigenvalue weighted by Gasteiger charge is 2.13. The number of aliphatic hydroxyl groups excluding tert-OH is 1. The van der Waals surface area contributed by atoms with Gasteiger partial charge in [-0.25, -0.2) is 4.79 Å². The van der Waals surface area contributed by atoms with Gasteiger partial charge in [0.25, 0.3) is 0 Å². The number of aliphatic hydroxyl groups is 1. The lowest BCUT2D eigenvalue weighted by Gasteiger charge is -2.18. The molecular weight excluding hydrogens is 258 g/mol. The molecule has 0 aliphatic heterocycles. The number of rotatable bonds is 6. The first-order chi connectivity index (χ1) is 9.67. The number of hydrogen-bond acceptors (Lipinski definition) is 4.